The first-order chi connectivity index (χ1) is 6.31. The van der Waals surface area contributed by atoms with Crippen molar-refractivity contribution in [2.75, 3.05) is 6.61 Å². The standard InChI is InChI=1S/C9H17O3P/c1-2-3-4-5-7-11-9(10)6-8-12-13/h5,7H,2-4,6,8,13H2,1H3. The van der Waals surface area contributed by atoms with E-state index in [9.17, 15) is 4.79 Å². The molecule has 4 heteroatoms. The van der Waals surface area contributed by atoms with Gasteiger partial charge in [-0.05, 0) is 18.9 Å². The van der Waals surface area contributed by atoms with Crippen molar-refractivity contribution in [2.45, 2.75) is 32.6 Å². The van der Waals surface area contributed by atoms with Gasteiger partial charge in [-0.3, -0.25) is 4.79 Å². The van der Waals surface area contributed by atoms with Crippen LogP contribution in [0.1, 0.15) is 32.6 Å². The van der Waals surface area contributed by atoms with Crippen molar-refractivity contribution in [2.24, 2.45) is 0 Å². The largest absolute Gasteiger partial charge is 0.435 e. The minimum atomic E-state index is -0.254. The Balaban J connectivity index is 3.29. The molecule has 76 valence electrons. The quantitative estimate of drug-likeness (QED) is 0.276. The smallest absolute Gasteiger partial charge is 0.312 e. The molecule has 0 N–H and O–H groups in total. The summed E-state index contributed by atoms with van der Waals surface area (Å²) in [6, 6.07) is 0. The van der Waals surface area contributed by atoms with Gasteiger partial charge in [-0.1, -0.05) is 13.3 Å². The van der Waals surface area contributed by atoms with E-state index in [-0.39, 0.29) is 5.97 Å². The number of hydrogen-bond acceptors (Lipinski definition) is 3. The van der Waals surface area contributed by atoms with E-state index in [1.807, 2.05) is 6.08 Å². The maximum atomic E-state index is 10.9. The SMILES string of the molecule is CCCCC=COC(=O)CCOP. The molecule has 13 heavy (non-hydrogen) atoms. The molecule has 0 heterocycles. The molecule has 0 aliphatic heterocycles. The molecule has 0 saturated heterocycles. The van der Waals surface area contributed by atoms with Crippen LogP contribution in [0.25, 0.3) is 0 Å². The summed E-state index contributed by atoms with van der Waals surface area (Å²) in [6.45, 7) is 2.50. The Morgan fingerprint density at radius 1 is 1.54 bits per heavy atom. The second kappa shape index (κ2) is 9.69. The van der Waals surface area contributed by atoms with Crippen molar-refractivity contribution in [3.8, 4) is 0 Å². The van der Waals surface area contributed by atoms with Gasteiger partial charge in [0.15, 0.2) is 0 Å². The van der Waals surface area contributed by atoms with Crippen LogP contribution in [0.2, 0.25) is 0 Å². The van der Waals surface area contributed by atoms with Gasteiger partial charge >= 0.3 is 5.97 Å². The zero-order valence-electron chi connectivity index (χ0n) is 7.99. The second-order valence-electron chi connectivity index (χ2n) is 2.62. The minimum Gasteiger partial charge on any atom is -0.435 e. The first-order valence-electron chi connectivity index (χ1n) is 4.47. The molecule has 1 atom stereocenters. The van der Waals surface area contributed by atoms with Gasteiger partial charge in [-0.15, -0.1) is 0 Å². The van der Waals surface area contributed by atoms with Crippen LogP contribution >= 0.6 is 9.47 Å². The number of carbonyl (C=O) groups is 1. The number of esters is 1. The lowest BCUT2D eigenvalue weighted by molar-refractivity contribution is -0.138. The number of ether oxygens (including phenoxy) is 1. The van der Waals surface area contributed by atoms with Crippen molar-refractivity contribution in [3.63, 3.8) is 0 Å². The number of allylic oxidation sites excluding steroid dienone is 1. The summed E-state index contributed by atoms with van der Waals surface area (Å²) in [5, 5.41) is 0. The Kier molecular flexibility index (Phi) is 9.39. The summed E-state index contributed by atoms with van der Waals surface area (Å²) >= 11 is 0. The highest BCUT2D eigenvalue weighted by Gasteiger charge is 1.98. The van der Waals surface area contributed by atoms with Gasteiger partial charge < -0.3 is 9.26 Å². The molecule has 0 aliphatic carbocycles. The van der Waals surface area contributed by atoms with E-state index in [0.717, 1.165) is 19.3 Å². The summed E-state index contributed by atoms with van der Waals surface area (Å²) in [4.78, 5) is 10.9. The van der Waals surface area contributed by atoms with Crippen molar-refractivity contribution < 1.29 is 14.1 Å². The van der Waals surface area contributed by atoms with Crippen molar-refractivity contribution >= 4 is 15.4 Å². The minimum absolute atomic E-state index is 0.254. The Labute approximate surface area is 81.8 Å². The Morgan fingerprint density at radius 2 is 2.31 bits per heavy atom. The van der Waals surface area contributed by atoms with Crippen LogP contribution in [0.4, 0.5) is 0 Å². The van der Waals surface area contributed by atoms with Crippen LogP contribution in [0.3, 0.4) is 0 Å². The van der Waals surface area contributed by atoms with Crippen LogP contribution in [-0.4, -0.2) is 12.6 Å². The fourth-order valence-corrected chi connectivity index (χ4v) is 0.833. The van der Waals surface area contributed by atoms with E-state index >= 15 is 0 Å². The third kappa shape index (κ3) is 9.51. The first kappa shape index (κ1) is 12.6. The summed E-state index contributed by atoms with van der Waals surface area (Å²) in [7, 11) is 2.09. The molecule has 0 rings (SSSR count). The topological polar surface area (TPSA) is 35.5 Å². The zero-order valence-corrected chi connectivity index (χ0v) is 9.15. The monoisotopic (exact) mass is 204 g/mol. The molecule has 0 aromatic carbocycles. The van der Waals surface area contributed by atoms with Crippen molar-refractivity contribution in [1.29, 1.82) is 0 Å². The summed E-state index contributed by atoms with van der Waals surface area (Å²) in [5.74, 6) is -0.254. The fourth-order valence-electron chi connectivity index (χ4n) is 0.715. The van der Waals surface area contributed by atoms with E-state index in [2.05, 4.69) is 20.9 Å². The maximum absolute atomic E-state index is 10.9. The molecule has 0 saturated carbocycles. The van der Waals surface area contributed by atoms with Crippen LogP contribution in [-0.2, 0) is 14.1 Å². The molecule has 0 spiro atoms. The molecule has 1 unspecified atom stereocenters. The van der Waals surface area contributed by atoms with E-state index in [1.165, 1.54) is 6.26 Å². The molecular weight excluding hydrogens is 187 g/mol. The average molecular weight is 204 g/mol. The van der Waals surface area contributed by atoms with Crippen LogP contribution in [0.15, 0.2) is 12.3 Å². The van der Waals surface area contributed by atoms with Gasteiger partial charge in [0.1, 0.15) is 0 Å². The van der Waals surface area contributed by atoms with E-state index < -0.39 is 0 Å². The van der Waals surface area contributed by atoms with Gasteiger partial charge in [-0.2, -0.15) is 0 Å². The second-order valence-corrected chi connectivity index (χ2v) is 2.96. The lowest BCUT2D eigenvalue weighted by atomic mass is 10.2. The normalized spacial score (nSPS) is 10.6. The Bertz CT molecular complexity index is 157. The zero-order chi connectivity index (χ0) is 9.94. The molecule has 0 fully saturated rings. The molecule has 0 aromatic heterocycles. The summed E-state index contributed by atoms with van der Waals surface area (Å²) in [6.07, 6.45) is 6.86. The molecule has 3 nitrogen and oxygen atoms in total. The summed E-state index contributed by atoms with van der Waals surface area (Å²) in [5.41, 5.74) is 0. The van der Waals surface area contributed by atoms with Gasteiger partial charge in [0.2, 0.25) is 0 Å². The molecule has 0 aromatic rings. The van der Waals surface area contributed by atoms with Crippen LogP contribution < -0.4 is 0 Å². The van der Waals surface area contributed by atoms with Gasteiger partial charge in [0.05, 0.1) is 19.3 Å². The van der Waals surface area contributed by atoms with Crippen molar-refractivity contribution in [3.05, 3.63) is 12.3 Å². The lowest BCUT2D eigenvalue weighted by Gasteiger charge is -1.97. The van der Waals surface area contributed by atoms with Crippen LogP contribution in [0.5, 0.6) is 0 Å². The van der Waals surface area contributed by atoms with E-state index in [4.69, 9.17) is 4.74 Å². The predicted molar refractivity (Wildman–Crippen MR) is 55.0 cm³/mol. The van der Waals surface area contributed by atoms with Crippen molar-refractivity contribution in [1.82, 2.24) is 0 Å². The third-order valence-electron chi connectivity index (χ3n) is 1.44. The predicted octanol–water partition coefficient (Wildman–Crippen LogP) is 2.43. The Hall–Kier alpha value is -0.400. The molecule has 0 bridgehead atoms. The number of carbonyl (C=O) groups excluding carboxylic acids is 1. The Morgan fingerprint density at radius 3 is 2.92 bits per heavy atom. The van der Waals surface area contributed by atoms with Crippen LogP contribution in [0, 0.1) is 0 Å². The highest BCUT2D eigenvalue weighted by molar-refractivity contribution is 7.09. The van der Waals surface area contributed by atoms with Gasteiger partial charge in [-0.25, -0.2) is 0 Å². The lowest BCUT2D eigenvalue weighted by Crippen LogP contribution is -2.02. The first-order valence-corrected chi connectivity index (χ1v) is 4.94. The molecular formula is C9H17O3P. The summed E-state index contributed by atoms with van der Waals surface area (Å²) < 4.78 is 9.43. The van der Waals surface area contributed by atoms with Gasteiger partial charge in [0, 0.05) is 9.47 Å². The van der Waals surface area contributed by atoms with E-state index in [1.54, 1.807) is 0 Å². The third-order valence-corrected chi connectivity index (χ3v) is 1.68. The number of hydrogen-bond donors (Lipinski definition) is 0. The van der Waals surface area contributed by atoms with E-state index in [0.29, 0.717) is 13.0 Å². The number of unbranched alkanes of at least 4 members (excludes halogenated alkanes) is 2. The van der Waals surface area contributed by atoms with Gasteiger partial charge in [0.25, 0.3) is 0 Å². The molecule has 0 radical (unpaired) electrons. The molecule has 0 aliphatic rings. The highest BCUT2D eigenvalue weighted by Crippen LogP contribution is 1.96. The maximum Gasteiger partial charge on any atom is 0.312 e. The molecule has 0 amide bonds. The fraction of sp³-hybridized carbons (Fsp3) is 0.667. The highest BCUT2D eigenvalue weighted by atomic mass is 31.0. The average Bonchev–Trinajstić information content (AvgIpc) is 2.14. The number of rotatable bonds is 7.